The van der Waals surface area contributed by atoms with E-state index < -0.39 is 29.4 Å². The maximum absolute atomic E-state index is 12.9. The van der Waals surface area contributed by atoms with Crippen LogP contribution in [0.5, 0.6) is 0 Å². The zero-order chi connectivity index (χ0) is 22.0. The molecule has 2 heterocycles. The van der Waals surface area contributed by atoms with Crippen LogP contribution in [0.4, 0.5) is 15.4 Å². The van der Waals surface area contributed by atoms with Crippen molar-refractivity contribution < 1.29 is 28.6 Å². The van der Waals surface area contributed by atoms with E-state index in [2.05, 4.69) is 10.1 Å². The van der Waals surface area contributed by atoms with Crippen molar-refractivity contribution in [3.05, 3.63) is 24.0 Å². The lowest BCUT2D eigenvalue weighted by Gasteiger charge is -2.27. The summed E-state index contributed by atoms with van der Waals surface area (Å²) in [6, 6.07) is 1.59. The van der Waals surface area contributed by atoms with Crippen molar-refractivity contribution in [2.45, 2.75) is 59.7 Å². The van der Waals surface area contributed by atoms with Crippen LogP contribution in [0.15, 0.2) is 18.5 Å². The van der Waals surface area contributed by atoms with Gasteiger partial charge in [-0.15, -0.1) is 5.10 Å². The van der Waals surface area contributed by atoms with Crippen LogP contribution in [-0.4, -0.2) is 50.6 Å². The van der Waals surface area contributed by atoms with Gasteiger partial charge in [0.15, 0.2) is 11.5 Å². The Balaban J connectivity index is 2.67. The third-order valence-corrected chi connectivity index (χ3v) is 3.22. The fourth-order valence-corrected chi connectivity index (χ4v) is 2.28. The van der Waals surface area contributed by atoms with Gasteiger partial charge in [-0.3, -0.25) is 0 Å². The standard InChI is InChI=1S/C19H26N4O6/c1-8-27-15(24)12-13-20-10-9-11-22(13)21-14(12)23(16(25)28-18(2,3)4)17(26)29-19(5,6)7/h9-11H,8H2,1-7H3. The average Bonchev–Trinajstić information content (AvgIpc) is 2.90. The van der Waals surface area contributed by atoms with Crippen molar-refractivity contribution in [2.75, 3.05) is 11.5 Å². The van der Waals surface area contributed by atoms with Gasteiger partial charge < -0.3 is 14.2 Å². The second-order valence-electron chi connectivity index (χ2n) is 8.10. The highest BCUT2D eigenvalue weighted by Gasteiger charge is 2.38. The third-order valence-electron chi connectivity index (χ3n) is 3.22. The van der Waals surface area contributed by atoms with E-state index in [9.17, 15) is 14.4 Å². The van der Waals surface area contributed by atoms with Gasteiger partial charge in [-0.25, -0.2) is 23.9 Å². The highest BCUT2D eigenvalue weighted by Crippen LogP contribution is 2.27. The molecule has 0 saturated carbocycles. The molecular formula is C19H26N4O6. The number of ether oxygens (including phenoxy) is 3. The Hall–Kier alpha value is -3.17. The van der Waals surface area contributed by atoms with Crippen molar-refractivity contribution >= 4 is 29.6 Å². The minimum atomic E-state index is -1.04. The lowest BCUT2D eigenvalue weighted by molar-refractivity contribution is 0.0428. The summed E-state index contributed by atoms with van der Waals surface area (Å²) in [6.07, 6.45) is 0.896. The largest absolute Gasteiger partial charge is 0.462 e. The molecule has 2 aromatic rings. The molecule has 0 fully saturated rings. The topological polar surface area (TPSA) is 112 Å². The van der Waals surface area contributed by atoms with Crippen LogP contribution in [0.3, 0.4) is 0 Å². The number of carbonyl (C=O) groups is 3. The highest BCUT2D eigenvalue weighted by molar-refractivity contribution is 6.14. The van der Waals surface area contributed by atoms with E-state index in [1.165, 1.54) is 16.9 Å². The molecule has 29 heavy (non-hydrogen) atoms. The minimum Gasteiger partial charge on any atom is -0.462 e. The number of anilines is 1. The van der Waals surface area contributed by atoms with Gasteiger partial charge in [-0.2, -0.15) is 4.90 Å². The molecule has 10 nitrogen and oxygen atoms in total. The molecule has 0 N–H and O–H groups in total. The van der Waals surface area contributed by atoms with E-state index in [1.54, 1.807) is 54.5 Å². The number of rotatable bonds is 3. The molecule has 0 unspecified atom stereocenters. The van der Waals surface area contributed by atoms with Gasteiger partial charge in [0.05, 0.1) is 6.61 Å². The molecule has 2 rings (SSSR count). The zero-order valence-corrected chi connectivity index (χ0v) is 17.7. The summed E-state index contributed by atoms with van der Waals surface area (Å²) >= 11 is 0. The smallest absolute Gasteiger partial charge is 0.425 e. The molecule has 0 aliphatic heterocycles. The summed E-state index contributed by atoms with van der Waals surface area (Å²) in [4.78, 5) is 43.1. The molecule has 0 radical (unpaired) electrons. The number of imide groups is 1. The quantitative estimate of drug-likeness (QED) is 0.561. The normalized spacial score (nSPS) is 11.8. The lowest BCUT2D eigenvalue weighted by atomic mass is 10.2. The van der Waals surface area contributed by atoms with E-state index in [-0.39, 0.29) is 23.6 Å². The molecule has 0 aliphatic rings. The van der Waals surface area contributed by atoms with Gasteiger partial charge in [0, 0.05) is 12.4 Å². The van der Waals surface area contributed by atoms with E-state index >= 15 is 0 Å². The Labute approximate surface area is 168 Å². The van der Waals surface area contributed by atoms with Crippen LogP contribution in [0.1, 0.15) is 58.8 Å². The van der Waals surface area contributed by atoms with Crippen LogP contribution in [0, 0.1) is 0 Å². The van der Waals surface area contributed by atoms with E-state index in [4.69, 9.17) is 14.2 Å². The van der Waals surface area contributed by atoms with Gasteiger partial charge in [-0.05, 0) is 54.5 Å². The molecule has 158 valence electrons. The summed E-state index contributed by atoms with van der Waals surface area (Å²) in [5, 5.41) is 4.20. The number of hydrogen-bond donors (Lipinski definition) is 0. The molecule has 0 aliphatic carbocycles. The van der Waals surface area contributed by atoms with Gasteiger partial charge in [0.25, 0.3) is 0 Å². The summed E-state index contributed by atoms with van der Waals surface area (Å²) in [5.41, 5.74) is -1.83. The number of nitrogens with zero attached hydrogens (tertiary/aromatic N) is 4. The third kappa shape index (κ3) is 5.43. The van der Waals surface area contributed by atoms with E-state index in [0.29, 0.717) is 4.90 Å². The maximum Gasteiger partial charge on any atom is 0.425 e. The molecule has 0 aromatic carbocycles. The molecule has 0 atom stereocenters. The predicted octanol–water partition coefficient (Wildman–Crippen LogP) is 3.58. The first-order valence-corrected chi connectivity index (χ1v) is 9.10. The number of amides is 2. The Morgan fingerprint density at radius 2 is 1.59 bits per heavy atom. The zero-order valence-electron chi connectivity index (χ0n) is 17.7. The molecule has 10 heteroatoms. The average molecular weight is 406 g/mol. The van der Waals surface area contributed by atoms with Crippen molar-refractivity contribution in [2.24, 2.45) is 0 Å². The number of carbonyl (C=O) groups excluding carboxylic acids is 3. The van der Waals surface area contributed by atoms with Crippen molar-refractivity contribution in [1.82, 2.24) is 14.6 Å². The Bertz CT molecular complexity index is 895. The molecule has 2 amide bonds. The first-order chi connectivity index (χ1) is 13.3. The van der Waals surface area contributed by atoms with Gasteiger partial charge >= 0.3 is 18.2 Å². The van der Waals surface area contributed by atoms with Crippen molar-refractivity contribution in [1.29, 1.82) is 0 Å². The van der Waals surface area contributed by atoms with Crippen LogP contribution in [0.2, 0.25) is 0 Å². The second kappa shape index (κ2) is 8.06. The van der Waals surface area contributed by atoms with Crippen molar-refractivity contribution in [3.63, 3.8) is 0 Å². The molecular weight excluding hydrogens is 380 g/mol. The monoisotopic (exact) mass is 406 g/mol. The summed E-state index contributed by atoms with van der Waals surface area (Å²) in [6.45, 7) is 11.6. The molecule has 2 aromatic heterocycles. The predicted molar refractivity (Wildman–Crippen MR) is 104 cm³/mol. The first kappa shape index (κ1) is 22.1. The minimum absolute atomic E-state index is 0.0846. The lowest BCUT2D eigenvalue weighted by Crippen LogP contribution is -2.44. The summed E-state index contributed by atoms with van der Waals surface area (Å²) < 4.78 is 17.0. The van der Waals surface area contributed by atoms with Crippen LogP contribution >= 0.6 is 0 Å². The Morgan fingerprint density at radius 3 is 2.07 bits per heavy atom. The SMILES string of the molecule is CCOC(=O)c1c(N(C(=O)OC(C)(C)C)C(=O)OC(C)(C)C)nn2cccnc12. The highest BCUT2D eigenvalue weighted by atomic mass is 16.6. The van der Waals surface area contributed by atoms with Crippen LogP contribution < -0.4 is 4.90 Å². The molecule has 0 saturated heterocycles. The molecule has 0 bridgehead atoms. The fraction of sp³-hybridized carbons (Fsp3) is 0.526. The van der Waals surface area contributed by atoms with E-state index in [0.717, 1.165) is 0 Å². The number of fused-ring (bicyclic) bond motifs is 1. The number of aromatic nitrogens is 3. The van der Waals surface area contributed by atoms with Crippen molar-refractivity contribution in [3.8, 4) is 0 Å². The number of esters is 1. The van der Waals surface area contributed by atoms with Gasteiger partial charge in [0.2, 0.25) is 0 Å². The van der Waals surface area contributed by atoms with E-state index in [1.807, 2.05) is 0 Å². The molecule has 0 spiro atoms. The van der Waals surface area contributed by atoms with Gasteiger partial charge in [0.1, 0.15) is 16.8 Å². The number of hydrogen-bond acceptors (Lipinski definition) is 8. The second-order valence-corrected chi connectivity index (χ2v) is 8.10. The summed E-state index contributed by atoms with van der Waals surface area (Å²) in [5.74, 6) is -1.07. The summed E-state index contributed by atoms with van der Waals surface area (Å²) in [7, 11) is 0. The first-order valence-electron chi connectivity index (χ1n) is 9.10. The fourth-order valence-electron chi connectivity index (χ4n) is 2.28. The van der Waals surface area contributed by atoms with Gasteiger partial charge in [-0.1, -0.05) is 0 Å². The van der Waals surface area contributed by atoms with Crippen LogP contribution in [0.25, 0.3) is 5.65 Å². The van der Waals surface area contributed by atoms with Crippen LogP contribution in [-0.2, 0) is 14.2 Å². The Kier molecular flexibility index (Phi) is 6.15. The maximum atomic E-state index is 12.9. The Morgan fingerprint density at radius 1 is 1.03 bits per heavy atom.